The molecule has 1 aliphatic heterocycles. The van der Waals surface area contributed by atoms with E-state index in [9.17, 15) is 4.79 Å². The van der Waals surface area contributed by atoms with Gasteiger partial charge in [-0.1, -0.05) is 6.07 Å². The third-order valence-corrected chi connectivity index (χ3v) is 4.11. The van der Waals surface area contributed by atoms with Crippen LogP contribution in [-0.4, -0.2) is 69.7 Å². The molecule has 1 amide bonds. The molecule has 0 unspecified atom stereocenters. The monoisotopic (exact) mass is 321 g/mol. The van der Waals surface area contributed by atoms with Crippen LogP contribution in [0.5, 0.6) is 11.5 Å². The fraction of sp³-hybridized carbons (Fsp3) is 0.588. The molecule has 1 saturated heterocycles. The van der Waals surface area contributed by atoms with E-state index in [-0.39, 0.29) is 5.91 Å². The minimum Gasteiger partial charge on any atom is -0.497 e. The highest BCUT2D eigenvalue weighted by atomic mass is 16.5. The Hall–Kier alpha value is -1.79. The summed E-state index contributed by atoms with van der Waals surface area (Å²) in [6.45, 7) is 4.89. The van der Waals surface area contributed by atoms with Crippen molar-refractivity contribution in [3.8, 4) is 11.5 Å². The minimum absolute atomic E-state index is 0.236. The predicted octanol–water partition coefficient (Wildman–Crippen LogP) is 0.958. The zero-order valence-corrected chi connectivity index (χ0v) is 14.3. The first-order valence-corrected chi connectivity index (χ1v) is 8.02. The SMILES string of the molecule is COc1ccc(CN(C)CCC(=O)N2CCNCC2)c(OC)c1. The Morgan fingerprint density at radius 3 is 2.65 bits per heavy atom. The summed E-state index contributed by atoms with van der Waals surface area (Å²) >= 11 is 0. The standard InChI is InChI=1S/C17H27N3O3/c1-19(9-6-17(21)20-10-7-18-8-11-20)13-14-4-5-15(22-2)12-16(14)23-3/h4-5,12,18H,6-11,13H2,1-3H3. The van der Waals surface area contributed by atoms with Gasteiger partial charge in [-0.3, -0.25) is 4.79 Å². The summed E-state index contributed by atoms with van der Waals surface area (Å²) in [7, 11) is 5.32. The number of ether oxygens (including phenoxy) is 2. The van der Waals surface area contributed by atoms with Crippen LogP contribution < -0.4 is 14.8 Å². The Balaban J connectivity index is 1.84. The second kappa shape index (κ2) is 8.74. The fourth-order valence-corrected chi connectivity index (χ4v) is 2.71. The highest BCUT2D eigenvalue weighted by Gasteiger charge is 2.16. The molecule has 128 valence electrons. The Labute approximate surface area is 138 Å². The number of hydrogen-bond donors (Lipinski definition) is 1. The molecule has 0 saturated carbocycles. The average Bonchev–Trinajstić information content (AvgIpc) is 2.60. The van der Waals surface area contributed by atoms with Crippen LogP contribution in [0.2, 0.25) is 0 Å². The Kier molecular flexibility index (Phi) is 6.67. The van der Waals surface area contributed by atoms with E-state index in [1.807, 2.05) is 30.1 Å². The first-order chi connectivity index (χ1) is 11.1. The zero-order chi connectivity index (χ0) is 16.7. The summed E-state index contributed by atoms with van der Waals surface area (Å²) in [6.07, 6.45) is 0.551. The predicted molar refractivity (Wildman–Crippen MR) is 89.9 cm³/mol. The van der Waals surface area contributed by atoms with Crippen LogP contribution >= 0.6 is 0 Å². The molecule has 0 spiro atoms. The van der Waals surface area contributed by atoms with Gasteiger partial charge in [-0.2, -0.15) is 0 Å². The highest BCUT2D eigenvalue weighted by molar-refractivity contribution is 5.76. The molecule has 1 N–H and O–H groups in total. The van der Waals surface area contributed by atoms with Crippen molar-refractivity contribution in [3.05, 3.63) is 23.8 Å². The molecule has 1 aliphatic rings. The number of methoxy groups -OCH3 is 2. The first-order valence-electron chi connectivity index (χ1n) is 8.02. The summed E-state index contributed by atoms with van der Waals surface area (Å²) in [5, 5.41) is 3.26. The number of carbonyl (C=O) groups excluding carboxylic acids is 1. The molecule has 1 aromatic rings. The molecule has 0 aromatic heterocycles. The maximum Gasteiger partial charge on any atom is 0.223 e. The second-order valence-corrected chi connectivity index (χ2v) is 5.80. The largest absolute Gasteiger partial charge is 0.497 e. The molecule has 0 aliphatic carbocycles. The maximum atomic E-state index is 12.2. The Morgan fingerprint density at radius 2 is 2.00 bits per heavy atom. The molecular weight excluding hydrogens is 294 g/mol. The lowest BCUT2D eigenvalue weighted by molar-refractivity contribution is -0.132. The molecule has 1 aromatic carbocycles. The van der Waals surface area contributed by atoms with Crippen LogP contribution in [0.1, 0.15) is 12.0 Å². The van der Waals surface area contributed by atoms with Gasteiger partial charge in [0.25, 0.3) is 0 Å². The van der Waals surface area contributed by atoms with Gasteiger partial charge < -0.3 is 24.6 Å². The summed E-state index contributed by atoms with van der Waals surface area (Å²) in [4.78, 5) is 16.3. The lowest BCUT2D eigenvalue weighted by Gasteiger charge is -2.28. The molecule has 1 heterocycles. The van der Waals surface area contributed by atoms with Crippen molar-refractivity contribution in [2.24, 2.45) is 0 Å². The Morgan fingerprint density at radius 1 is 1.26 bits per heavy atom. The van der Waals surface area contributed by atoms with Crippen molar-refractivity contribution in [2.75, 3.05) is 54.0 Å². The van der Waals surface area contributed by atoms with Gasteiger partial charge >= 0.3 is 0 Å². The number of nitrogens with one attached hydrogen (secondary N) is 1. The number of hydrogen-bond acceptors (Lipinski definition) is 5. The molecule has 0 bridgehead atoms. The van der Waals surface area contributed by atoms with Crippen LogP contribution in [0, 0.1) is 0 Å². The first kappa shape index (κ1) is 17.6. The van der Waals surface area contributed by atoms with Gasteiger partial charge in [0.1, 0.15) is 11.5 Å². The van der Waals surface area contributed by atoms with Crippen LogP contribution in [0.25, 0.3) is 0 Å². The van der Waals surface area contributed by atoms with Crippen LogP contribution in [0.3, 0.4) is 0 Å². The molecule has 6 heteroatoms. The van der Waals surface area contributed by atoms with Crippen molar-refractivity contribution in [3.63, 3.8) is 0 Å². The smallest absolute Gasteiger partial charge is 0.223 e. The quantitative estimate of drug-likeness (QED) is 0.811. The maximum absolute atomic E-state index is 12.2. The van der Waals surface area contributed by atoms with E-state index in [2.05, 4.69) is 10.2 Å². The summed E-state index contributed by atoms with van der Waals surface area (Å²) < 4.78 is 10.6. The topological polar surface area (TPSA) is 54.0 Å². The lowest BCUT2D eigenvalue weighted by Crippen LogP contribution is -2.47. The van der Waals surface area contributed by atoms with E-state index in [4.69, 9.17) is 9.47 Å². The van der Waals surface area contributed by atoms with Crippen molar-refractivity contribution in [1.29, 1.82) is 0 Å². The molecule has 0 atom stereocenters. The van der Waals surface area contributed by atoms with Crippen LogP contribution in [-0.2, 0) is 11.3 Å². The van der Waals surface area contributed by atoms with Crippen molar-refractivity contribution in [2.45, 2.75) is 13.0 Å². The van der Waals surface area contributed by atoms with Crippen LogP contribution in [0.4, 0.5) is 0 Å². The third kappa shape index (κ3) is 5.11. The third-order valence-electron chi connectivity index (χ3n) is 4.11. The van der Waals surface area contributed by atoms with E-state index < -0.39 is 0 Å². The van der Waals surface area contributed by atoms with Crippen molar-refractivity contribution >= 4 is 5.91 Å². The van der Waals surface area contributed by atoms with Gasteiger partial charge in [-0.05, 0) is 13.1 Å². The summed E-state index contributed by atoms with van der Waals surface area (Å²) in [5.74, 6) is 1.83. The molecule has 2 rings (SSSR count). The van der Waals surface area contributed by atoms with E-state index >= 15 is 0 Å². The molecule has 6 nitrogen and oxygen atoms in total. The number of rotatable bonds is 7. The van der Waals surface area contributed by atoms with Gasteiger partial charge in [-0.15, -0.1) is 0 Å². The van der Waals surface area contributed by atoms with Crippen LogP contribution in [0.15, 0.2) is 18.2 Å². The lowest BCUT2D eigenvalue weighted by atomic mass is 10.1. The molecule has 0 radical (unpaired) electrons. The number of amides is 1. The number of piperazine rings is 1. The van der Waals surface area contributed by atoms with Crippen molar-refractivity contribution in [1.82, 2.24) is 15.1 Å². The highest BCUT2D eigenvalue weighted by Crippen LogP contribution is 2.25. The number of benzene rings is 1. The fourth-order valence-electron chi connectivity index (χ4n) is 2.71. The summed E-state index contributed by atoms with van der Waals surface area (Å²) in [6, 6.07) is 5.82. The van der Waals surface area contributed by atoms with Gasteiger partial charge in [0.2, 0.25) is 5.91 Å². The van der Waals surface area contributed by atoms with Gasteiger partial charge in [0.05, 0.1) is 14.2 Å². The van der Waals surface area contributed by atoms with Crippen molar-refractivity contribution < 1.29 is 14.3 Å². The van der Waals surface area contributed by atoms with E-state index in [1.54, 1.807) is 14.2 Å². The number of nitrogens with zero attached hydrogens (tertiary/aromatic N) is 2. The zero-order valence-electron chi connectivity index (χ0n) is 14.3. The van der Waals surface area contributed by atoms with Gasteiger partial charge in [0.15, 0.2) is 0 Å². The second-order valence-electron chi connectivity index (χ2n) is 5.80. The summed E-state index contributed by atoms with van der Waals surface area (Å²) in [5.41, 5.74) is 1.09. The Bertz CT molecular complexity index is 516. The molecule has 23 heavy (non-hydrogen) atoms. The van der Waals surface area contributed by atoms with E-state index in [0.29, 0.717) is 6.42 Å². The molecular formula is C17H27N3O3. The molecule has 1 fully saturated rings. The van der Waals surface area contributed by atoms with E-state index in [1.165, 1.54) is 0 Å². The minimum atomic E-state index is 0.236. The van der Waals surface area contributed by atoms with Gasteiger partial charge in [0, 0.05) is 57.3 Å². The average molecular weight is 321 g/mol. The number of carbonyl (C=O) groups is 1. The van der Waals surface area contributed by atoms with Gasteiger partial charge in [-0.25, -0.2) is 0 Å². The normalized spacial score (nSPS) is 14.9. The van der Waals surface area contributed by atoms with E-state index in [0.717, 1.165) is 56.3 Å².